The minimum absolute atomic E-state index is 0.228. The first-order chi connectivity index (χ1) is 12.4. The summed E-state index contributed by atoms with van der Waals surface area (Å²) in [5.41, 5.74) is 2.27. The van der Waals surface area contributed by atoms with Crippen molar-refractivity contribution in [3.63, 3.8) is 0 Å². The van der Waals surface area contributed by atoms with Crippen LogP contribution in [0.2, 0.25) is 0 Å². The quantitative estimate of drug-likeness (QED) is 0.894. The molecule has 1 saturated heterocycles. The maximum atomic E-state index is 13.1. The van der Waals surface area contributed by atoms with Crippen LogP contribution in [-0.2, 0) is 14.8 Å². The Bertz CT molecular complexity index is 890. The summed E-state index contributed by atoms with van der Waals surface area (Å²) in [6, 6.07) is 15.0. The summed E-state index contributed by atoms with van der Waals surface area (Å²) in [5, 5.41) is 2.65. The third-order valence-corrected chi connectivity index (χ3v) is 6.53. The number of anilines is 2. The molecule has 1 fully saturated rings. The van der Waals surface area contributed by atoms with Gasteiger partial charge >= 0.3 is 0 Å². The van der Waals surface area contributed by atoms with Crippen LogP contribution in [-0.4, -0.2) is 44.8 Å². The lowest BCUT2D eigenvalue weighted by molar-refractivity contribution is -0.114. The van der Waals surface area contributed by atoms with E-state index in [2.05, 4.69) is 10.2 Å². The predicted octanol–water partition coefficient (Wildman–Crippen LogP) is 2.46. The number of benzene rings is 2. The molecule has 0 bridgehead atoms. The Morgan fingerprint density at radius 2 is 1.65 bits per heavy atom. The molecular formula is C19H23N3O3S. The molecule has 0 unspecified atom stereocenters. The number of amides is 1. The molecule has 1 aliphatic rings. The van der Waals surface area contributed by atoms with Crippen molar-refractivity contribution in [1.29, 1.82) is 0 Å². The summed E-state index contributed by atoms with van der Waals surface area (Å²) in [7, 11) is -3.60. The minimum atomic E-state index is -3.60. The third kappa shape index (κ3) is 3.89. The molecule has 0 aliphatic carbocycles. The molecule has 1 aliphatic heterocycles. The van der Waals surface area contributed by atoms with Crippen LogP contribution in [0.4, 0.5) is 11.4 Å². The van der Waals surface area contributed by atoms with Crippen molar-refractivity contribution in [2.45, 2.75) is 18.7 Å². The average molecular weight is 373 g/mol. The molecule has 7 heteroatoms. The van der Waals surface area contributed by atoms with E-state index in [0.717, 1.165) is 5.69 Å². The number of nitrogens with zero attached hydrogens (tertiary/aromatic N) is 2. The smallest absolute Gasteiger partial charge is 0.243 e. The second kappa shape index (κ2) is 7.47. The van der Waals surface area contributed by atoms with Gasteiger partial charge in [0.1, 0.15) is 0 Å². The SMILES string of the molecule is CC(=O)Nc1ccc(C)c(S(=O)(=O)N2CCN(c3ccccc3)CC2)c1. The van der Waals surface area contributed by atoms with Gasteiger partial charge in [-0.2, -0.15) is 4.31 Å². The highest BCUT2D eigenvalue weighted by atomic mass is 32.2. The Labute approximate surface area is 154 Å². The molecule has 6 nitrogen and oxygen atoms in total. The number of sulfonamides is 1. The van der Waals surface area contributed by atoms with Crippen molar-refractivity contribution in [2.24, 2.45) is 0 Å². The number of para-hydroxylation sites is 1. The first-order valence-electron chi connectivity index (χ1n) is 8.56. The van der Waals surface area contributed by atoms with Gasteiger partial charge in [0.15, 0.2) is 0 Å². The summed E-state index contributed by atoms with van der Waals surface area (Å²) in [6.45, 7) is 5.32. The van der Waals surface area contributed by atoms with Crippen molar-refractivity contribution in [3.8, 4) is 0 Å². The maximum Gasteiger partial charge on any atom is 0.243 e. The van der Waals surface area contributed by atoms with E-state index in [4.69, 9.17) is 0 Å². The van der Waals surface area contributed by atoms with E-state index >= 15 is 0 Å². The molecule has 1 heterocycles. The fourth-order valence-electron chi connectivity index (χ4n) is 3.12. The van der Waals surface area contributed by atoms with E-state index in [1.807, 2.05) is 30.3 Å². The highest BCUT2D eigenvalue weighted by molar-refractivity contribution is 7.89. The zero-order chi connectivity index (χ0) is 18.7. The molecular weight excluding hydrogens is 350 g/mol. The van der Waals surface area contributed by atoms with Crippen LogP contribution in [0.25, 0.3) is 0 Å². The molecule has 1 amide bonds. The van der Waals surface area contributed by atoms with E-state index in [-0.39, 0.29) is 10.8 Å². The van der Waals surface area contributed by atoms with Gasteiger partial charge in [0.2, 0.25) is 15.9 Å². The van der Waals surface area contributed by atoms with Crippen molar-refractivity contribution in [1.82, 2.24) is 4.31 Å². The number of nitrogens with one attached hydrogen (secondary N) is 1. The Morgan fingerprint density at radius 1 is 1.00 bits per heavy atom. The first-order valence-corrected chi connectivity index (χ1v) is 10.0. The van der Waals surface area contributed by atoms with Gasteiger partial charge in [0.25, 0.3) is 0 Å². The van der Waals surface area contributed by atoms with Gasteiger partial charge in [0, 0.05) is 44.5 Å². The molecule has 2 aromatic rings. The molecule has 1 N–H and O–H groups in total. The molecule has 0 saturated carbocycles. The number of aryl methyl sites for hydroxylation is 1. The number of piperazine rings is 1. The Kier molecular flexibility index (Phi) is 5.29. The molecule has 3 rings (SSSR count). The van der Waals surface area contributed by atoms with E-state index in [1.54, 1.807) is 19.1 Å². The zero-order valence-corrected chi connectivity index (χ0v) is 15.8. The van der Waals surface area contributed by atoms with E-state index in [1.165, 1.54) is 17.3 Å². The first kappa shape index (κ1) is 18.4. The van der Waals surface area contributed by atoms with Gasteiger partial charge in [-0.05, 0) is 36.8 Å². The molecule has 0 radical (unpaired) electrons. The molecule has 26 heavy (non-hydrogen) atoms. The summed E-state index contributed by atoms with van der Waals surface area (Å²) >= 11 is 0. The number of hydrogen-bond acceptors (Lipinski definition) is 4. The van der Waals surface area contributed by atoms with Gasteiger partial charge in [-0.15, -0.1) is 0 Å². The van der Waals surface area contributed by atoms with Gasteiger partial charge in [-0.1, -0.05) is 24.3 Å². The summed E-state index contributed by atoms with van der Waals surface area (Å²) in [4.78, 5) is 13.7. The number of carbonyl (C=O) groups is 1. The van der Waals surface area contributed by atoms with Crippen molar-refractivity contribution >= 4 is 27.3 Å². The van der Waals surface area contributed by atoms with Gasteiger partial charge in [-0.3, -0.25) is 4.79 Å². The third-order valence-electron chi connectivity index (χ3n) is 4.49. The Morgan fingerprint density at radius 3 is 2.27 bits per heavy atom. The van der Waals surface area contributed by atoms with Gasteiger partial charge < -0.3 is 10.2 Å². The lowest BCUT2D eigenvalue weighted by atomic mass is 10.2. The topological polar surface area (TPSA) is 69.7 Å². The molecule has 2 aromatic carbocycles. The average Bonchev–Trinajstić information content (AvgIpc) is 2.63. The monoisotopic (exact) mass is 373 g/mol. The highest BCUT2D eigenvalue weighted by Crippen LogP contribution is 2.25. The zero-order valence-electron chi connectivity index (χ0n) is 15.0. The second-order valence-electron chi connectivity index (χ2n) is 6.39. The summed E-state index contributed by atoms with van der Waals surface area (Å²) in [6.07, 6.45) is 0. The predicted molar refractivity (Wildman–Crippen MR) is 103 cm³/mol. The van der Waals surface area contributed by atoms with Crippen molar-refractivity contribution in [3.05, 3.63) is 54.1 Å². The largest absolute Gasteiger partial charge is 0.369 e. The highest BCUT2D eigenvalue weighted by Gasteiger charge is 2.30. The molecule has 0 atom stereocenters. The van der Waals surface area contributed by atoms with Crippen LogP contribution in [0.15, 0.2) is 53.4 Å². The molecule has 0 aromatic heterocycles. The van der Waals surface area contributed by atoms with Crippen molar-refractivity contribution < 1.29 is 13.2 Å². The van der Waals surface area contributed by atoms with Crippen LogP contribution in [0.3, 0.4) is 0 Å². The van der Waals surface area contributed by atoms with Crippen LogP contribution in [0.5, 0.6) is 0 Å². The number of rotatable bonds is 4. The van der Waals surface area contributed by atoms with Crippen LogP contribution in [0, 0.1) is 6.92 Å². The lowest BCUT2D eigenvalue weighted by Crippen LogP contribution is -2.48. The van der Waals surface area contributed by atoms with E-state index < -0.39 is 10.0 Å². The van der Waals surface area contributed by atoms with Crippen LogP contribution < -0.4 is 10.2 Å². The minimum Gasteiger partial charge on any atom is -0.369 e. The van der Waals surface area contributed by atoms with E-state index in [9.17, 15) is 13.2 Å². The molecule has 0 spiro atoms. The van der Waals surface area contributed by atoms with Gasteiger partial charge in [0.05, 0.1) is 4.90 Å². The second-order valence-corrected chi connectivity index (χ2v) is 8.29. The number of hydrogen-bond donors (Lipinski definition) is 1. The maximum absolute atomic E-state index is 13.1. The van der Waals surface area contributed by atoms with Gasteiger partial charge in [-0.25, -0.2) is 8.42 Å². The molecule has 138 valence electrons. The lowest BCUT2D eigenvalue weighted by Gasteiger charge is -2.35. The number of carbonyl (C=O) groups excluding carboxylic acids is 1. The fraction of sp³-hybridized carbons (Fsp3) is 0.316. The standard InChI is InChI=1S/C19H23N3O3S/c1-15-8-9-17(20-16(2)23)14-19(15)26(24,25)22-12-10-21(11-13-22)18-6-4-3-5-7-18/h3-9,14H,10-13H2,1-2H3,(H,20,23). The summed E-state index contributed by atoms with van der Waals surface area (Å²) < 4.78 is 27.7. The van der Waals surface area contributed by atoms with Crippen LogP contribution in [0.1, 0.15) is 12.5 Å². The van der Waals surface area contributed by atoms with Crippen LogP contribution >= 0.6 is 0 Å². The normalized spacial score (nSPS) is 15.7. The fourth-order valence-corrected chi connectivity index (χ4v) is 4.80. The summed E-state index contributed by atoms with van der Waals surface area (Å²) in [5.74, 6) is -0.228. The Hall–Kier alpha value is -2.38. The van der Waals surface area contributed by atoms with Crippen molar-refractivity contribution in [2.75, 3.05) is 36.4 Å². The Balaban J connectivity index is 1.78. The van der Waals surface area contributed by atoms with E-state index in [0.29, 0.717) is 37.4 Å².